The minimum atomic E-state index is -0.280. The molecule has 0 unspecified atom stereocenters. The quantitative estimate of drug-likeness (QED) is 0.777. The van der Waals surface area contributed by atoms with E-state index in [-0.39, 0.29) is 11.3 Å². The van der Waals surface area contributed by atoms with Gasteiger partial charge in [-0.15, -0.1) is 11.3 Å². The van der Waals surface area contributed by atoms with Crippen LogP contribution < -0.4 is 10.3 Å². The zero-order valence-corrected chi connectivity index (χ0v) is 10.4. The summed E-state index contributed by atoms with van der Waals surface area (Å²) in [5.41, 5.74) is 0.530. The van der Waals surface area contributed by atoms with Gasteiger partial charge in [-0.1, -0.05) is 0 Å². The molecule has 1 N–H and O–H groups in total. The summed E-state index contributed by atoms with van der Waals surface area (Å²) in [4.78, 5) is 19.6. The molecule has 0 aromatic carbocycles. The Morgan fingerprint density at radius 3 is 3.17 bits per heavy atom. The summed E-state index contributed by atoms with van der Waals surface area (Å²) in [5, 5.41) is 6.11. The lowest BCUT2D eigenvalue weighted by atomic mass is 10.3. The maximum atomic E-state index is 11.8. The zero-order chi connectivity index (χ0) is 12.5. The molecule has 0 saturated heterocycles. The third-order valence-corrected chi connectivity index (χ3v) is 3.34. The molecule has 0 aliphatic carbocycles. The average Bonchev–Trinajstić information content (AvgIpc) is 2.94. The first-order valence-electron chi connectivity index (χ1n) is 5.43. The number of ether oxygens (including phenoxy) is 1. The van der Waals surface area contributed by atoms with E-state index < -0.39 is 0 Å². The highest BCUT2D eigenvalue weighted by molar-refractivity contribution is 7.16. The molecule has 3 aromatic heterocycles. The van der Waals surface area contributed by atoms with Crippen LogP contribution in [0.5, 0.6) is 5.75 Å². The molecule has 0 atom stereocenters. The van der Waals surface area contributed by atoms with Gasteiger partial charge in [-0.2, -0.15) is 5.10 Å². The van der Waals surface area contributed by atoms with Crippen molar-refractivity contribution in [3.05, 3.63) is 34.3 Å². The molecular formula is C11H10N4O2S. The first kappa shape index (κ1) is 11.0. The topological polar surface area (TPSA) is 72.3 Å². The minimum absolute atomic E-state index is 0.232. The van der Waals surface area contributed by atoms with E-state index in [4.69, 9.17) is 4.74 Å². The summed E-state index contributed by atoms with van der Waals surface area (Å²) in [6.07, 6.45) is 4.98. The van der Waals surface area contributed by atoms with E-state index in [2.05, 4.69) is 15.1 Å². The number of rotatable bonds is 3. The molecule has 0 aliphatic rings. The third kappa shape index (κ3) is 1.68. The lowest BCUT2D eigenvalue weighted by Gasteiger charge is -2.02. The van der Waals surface area contributed by atoms with E-state index in [0.717, 1.165) is 10.4 Å². The second-order valence-electron chi connectivity index (χ2n) is 3.57. The highest BCUT2D eigenvalue weighted by atomic mass is 32.1. The molecule has 0 bridgehead atoms. The Bertz CT molecular complexity index is 743. The summed E-state index contributed by atoms with van der Waals surface area (Å²) in [6.45, 7) is 2.26. The highest BCUT2D eigenvalue weighted by Crippen LogP contribution is 2.24. The van der Waals surface area contributed by atoms with Crippen molar-refractivity contribution in [3.63, 3.8) is 0 Å². The first-order chi connectivity index (χ1) is 8.79. The second kappa shape index (κ2) is 4.26. The van der Waals surface area contributed by atoms with E-state index in [9.17, 15) is 4.79 Å². The van der Waals surface area contributed by atoms with Gasteiger partial charge in [0, 0.05) is 11.6 Å². The van der Waals surface area contributed by atoms with Crippen molar-refractivity contribution in [3.8, 4) is 17.1 Å². The molecule has 0 aliphatic heterocycles. The fourth-order valence-electron chi connectivity index (χ4n) is 1.67. The monoisotopic (exact) mass is 262 g/mol. The summed E-state index contributed by atoms with van der Waals surface area (Å²) >= 11 is 1.54. The lowest BCUT2D eigenvalue weighted by molar-refractivity contribution is 0.334. The maximum Gasteiger partial charge on any atom is 0.293 e. The van der Waals surface area contributed by atoms with Gasteiger partial charge in [-0.05, 0) is 6.92 Å². The van der Waals surface area contributed by atoms with Gasteiger partial charge in [0.05, 0.1) is 24.6 Å². The molecule has 0 fully saturated rings. The molecule has 18 heavy (non-hydrogen) atoms. The van der Waals surface area contributed by atoms with Gasteiger partial charge in [0.25, 0.3) is 5.56 Å². The molecule has 0 radical (unpaired) electrons. The van der Waals surface area contributed by atoms with Gasteiger partial charge in [0.1, 0.15) is 10.7 Å². The van der Waals surface area contributed by atoms with Crippen molar-refractivity contribution in [1.29, 1.82) is 0 Å². The fraction of sp³-hybridized carbons (Fsp3) is 0.182. The van der Waals surface area contributed by atoms with Crippen molar-refractivity contribution in [2.75, 3.05) is 6.61 Å². The first-order valence-corrected chi connectivity index (χ1v) is 6.31. The predicted molar refractivity (Wildman–Crippen MR) is 68.1 cm³/mol. The summed E-state index contributed by atoms with van der Waals surface area (Å²) in [7, 11) is 0. The van der Waals surface area contributed by atoms with Crippen LogP contribution in [-0.2, 0) is 0 Å². The number of fused-ring (bicyclic) bond motifs is 1. The predicted octanol–water partition coefficient (Wildman–Crippen LogP) is 1.54. The molecule has 3 heterocycles. The third-order valence-electron chi connectivity index (χ3n) is 2.45. The second-order valence-corrected chi connectivity index (χ2v) is 4.46. The number of hydrogen-bond donors (Lipinski definition) is 1. The number of H-pyrrole nitrogens is 1. The van der Waals surface area contributed by atoms with Crippen molar-refractivity contribution < 1.29 is 4.74 Å². The Hall–Kier alpha value is -2.15. The molecule has 0 amide bonds. The minimum Gasteiger partial charge on any atom is -0.487 e. The Kier molecular flexibility index (Phi) is 2.60. The number of nitrogens with one attached hydrogen (secondary N) is 1. The zero-order valence-electron chi connectivity index (χ0n) is 9.58. The van der Waals surface area contributed by atoms with Gasteiger partial charge in [0.15, 0.2) is 0 Å². The number of aromatic amines is 1. The van der Waals surface area contributed by atoms with E-state index in [0.29, 0.717) is 12.4 Å². The normalized spacial score (nSPS) is 10.9. The van der Waals surface area contributed by atoms with Crippen molar-refractivity contribution in [2.24, 2.45) is 0 Å². The van der Waals surface area contributed by atoms with Crippen LogP contribution in [0.4, 0.5) is 0 Å². The number of hydrogen-bond acceptors (Lipinski definition) is 5. The van der Waals surface area contributed by atoms with Gasteiger partial charge < -0.3 is 9.72 Å². The molecule has 3 aromatic rings. The molecule has 0 saturated carbocycles. The van der Waals surface area contributed by atoms with Crippen LogP contribution in [0.1, 0.15) is 6.92 Å². The molecular weight excluding hydrogens is 252 g/mol. The van der Waals surface area contributed by atoms with Crippen molar-refractivity contribution in [1.82, 2.24) is 19.6 Å². The van der Waals surface area contributed by atoms with E-state index >= 15 is 0 Å². The largest absolute Gasteiger partial charge is 0.487 e. The standard InChI is InChI=1S/C11H10N4O2S/c1-2-17-8-6-12-9(14-10(8)16)7-5-13-15-3-4-18-11(7)15/h3-6H,2H2,1H3,(H,12,14,16). The van der Waals surface area contributed by atoms with Crippen LogP contribution in [0.15, 0.2) is 28.8 Å². The van der Waals surface area contributed by atoms with Crippen LogP contribution in [0, 0.1) is 0 Å². The maximum absolute atomic E-state index is 11.8. The van der Waals surface area contributed by atoms with Crippen molar-refractivity contribution in [2.45, 2.75) is 6.92 Å². The average molecular weight is 262 g/mol. The number of nitrogens with zero attached hydrogens (tertiary/aromatic N) is 3. The van der Waals surface area contributed by atoms with E-state index in [1.54, 1.807) is 22.0 Å². The van der Waals surface area contributed by atoms with Crippen LogP contribution in [0.3, 0.4) is 0 Å². The smallest absolute Gasteiger partial charge is 0.293 e. The molecule has 7 heteroatoms. The van der Waals surface area contributed by atoms with Gasteiger partial charge >= 0.3 is 0 Å². The van der Waals surface area contributed by atoms with Crippen LogP contribution in [0.2, 0.25) is 0 Å². The number of thiazole rings is 1. The SMILES string of the molecule is CCOc1cnc(-c2cnn3ccsc23)[nH]c1=O. The van der Waals surface area contributed by atoms with Crippen LogP contribution >= 0.6 is 11.3 Å². The van der Waals surface area contributed by atoms with E-state index in [1.807, 2.05) is 18.5 Å². The molecule has 0 spiro atoms. The van der Waals surface area contributed by atoms with Gasteiger partial charge in [-0.3, -0.25) is 4.79 Å². The molecule has 3 rings (SSSR count). The summed E-state index contributed by atoms with van der Waals surface area (Å²) < 4.78 is 6.90. The van der Waals surface area contributed by atoms with Crippen LogP contribution in [-0.4, -0.2) is 26.2 Å². The Morgan fingerprint density at radius 1 is 1.50 bits per heavy atom. The van der Waals surface area contributed by atoms with E-state index in [1.165, 1.54) is 6.20 Å². The Labute approximate surface area is 106 Å². The molecule has 92 valence electrons. The summed E-state index contributed by atoms with van der Waals surface area (Å²) in [5.74, 6) is 0.733. The number of aromatic nitrogens is 4. The van der Waals surface area contributed by atoms with Gasteiger partial charge in [0.2, 0.25) is 5.75 Å². The fourth-order valence-corrected chi connectivity index (χ4v) is 2.47. The lowest BCUT2D eigenvalue weighted by Crippen LogP contribution is -2.12. The molecule has 6 nitrogen and oxygen atoms in total. The summed E-state index contributed by atoms with van der Waals surface area (Å²) in [6, 6.07) is 0. The van der Waals surface area contributed by atoms with Crippen LogP contribution in [0.25, 0.3) is 16.2 Å². The van der Waals surface area contributed by atoms with Gasteiger partial charge in [-0.25, -0.2) is 9.50 Å². The Balaban J connectivity index is 2.10. The Morgan fingerprint density at radius 2 is 2.39 bits per heavy atom. The highest BCUT2D eigenvalue weighted by Gasteiger charge is 2.11. The van der Waals surface area contributed by atoms with Crippen molar-refractivity contribution >= 4 is 16.2 Å².